The third-order valence-electron chi connectivity index (χ3n) is 1.26. The van der Waals surface area contributed by atoms with Crippen LogP contribution >= 0.6 is 0 Å². The van der Waals surface area contributed by atoms with E-state index in [0.717, 1.165) is 5.56 Å². The van der Waals surface area contributed by atoms with Crippen molar-refractivity contribution >= 4 is 6.21 Å². The van der Waals surface area contributed by atoms with Crippen molar-refractivity contribution in [1.82, 2.24) is 4.98 Å². The lowest BCUT2D eigenvalue weighted by Gasteiger charge is -1.89. The minimum Gasteiger partial charge on any atom is -0.328 e. The second-order valence-electron chi connectivity index (χ2n) is 2.13. The third kappa shape index (κ3) is 1.13. The largest absolute Gasteiger partial charge is 0.328 e. The lowest BCUT2D eigenvalue weighted by Crippen LogP contribution is -2.33. The molecule has 0 bridgehead atoms. The first kappa shape index (κ1) is 6.74. The number of H-pyrrole nitrogens is 1. The van der Waals surface area contributed by atoms with Crippen LogP contribution in [0.3, 0.4) is 0 Å². The summed E-state index contributed by atoms with van der Waals surface area (Å²) in [5, 5.41) is 5.17. The lowest BCUT2D eigenvalue weighted by atomic mass is 10.2. The van der Waals surface area contributed by atoms with Crippen molar-refractivity contribution in [3.05, 3.63) is 33.7 Å². The molecule has 10 heavy (non-hydrogen) atoms. The quantitative estimate of drug-likeness (QED) is 0.472. The van der Waals surface area contributed by atoms with E-state index in [1.54, 1.807) is 12.3 Å². The molecule has 3 N–H and O–H groups in total. The Labute approximate surface area is 58.2 Å². The maximum absolute atomic E-state index is 10.8. The predicted octanol–water partition coefficient (Wildman–Crippen LogP) is -1.14. The van der Waals surface area contributed by atoms with Gasteiger partial charge in [0.2, 0.25) is 0 Å². The summed E-state index contributed by atoms with van der Waals surface area (Å²) in [6.45, 7) is 1.89. The van der Waals surface area contributed by atoms with Crippen LogP contribution in [0.4, 0.5) is 0 Å². The Hall–Kier alpha value is -1.38. The van der Waals surface area contributed by atoms with Gasteiger partial charge in [0.25, 0.3) is 5.56 Å². The molecule has 0 aromatic carbocycles. The number of rotatable bonds is 1. The van der Waals surface area contributed by atoms with Gasteiger partial charge in [0, 0.05) is 6.20 Å². The van der Waals surface area contributed by atoms with E-state index in [2.05, 4.69) is 4.98 Å². The Balaban J connectivity index is 3.35. The molecule has 0 aliphatic carbocycles. The van der Waals surface area contributed by atoms with Gasteiger partial charge in [-0.15, -0.1) is 0 Å². The molecule has 0 saturated heterocycles. The van der Waals surface area contributed by atoms with Gasteiger partial charge in [0.1, 0.15) is 5.56 Å². The van der Waals surface area contributed by atoms with Crippen molar-refractivity contribution < 1.29 is 5.41 Å². The van der Waals surface area contributed by atoms with E-state index >= 15 is 0 Å². The molecule has 0 fully saturated rings. The molecule has 0 unspecified atom stereocenters. The maximum Gasteiger partial charge on any atom is 0.261 e. The maximum atomic E-state index is 10.8. The Morgan fingerprint density at radius 1 is 1.70 bits per heavy atom. The van der Waals surface area contributed by atoms with Crippen molar-refractivity contribution in [1.29, 1.82) is 0 Å². The molecular weight excluding hydrogens is 128 g/mol. The summed E-state index contributed by atoms with van der Waals surface area (Å²) < 4.78 is 0. The number of aromatic amines is 1. The van der Waals surface area contributed by atoms with Crippen molar-refractivity contribution in [2.75, 3.05) is 0 Å². The Morgan fingerprint density at radius 3 is 2.90 bits per heavy atom. The van der Waals surface area contributed by atoms with Crippen molar-refractivity contribution in [2.45, 2.75) is 6.92 Å². The van der Waals surface area contributed by atoms with Crippen molar-refractivity contribution in [3.63, 3.8) is 0 Å². The van der Waals surface area contributed by atoms with Crippen LogP contribution in [0.1, 0.15) is 11.1 Å². The molecule has 1 heterocycles. The number of nitrogens with two attached hydrogens (primary N) is 1. The number of pyridine rings is 1. The van der Waals surface area contributed by atoms with Gasteiger partial charge < -0.3 is 4.98 Å². The van der Waals surface area contributed by atoms with Crippen LogP contribution < -0.4 is 11.0 Å². The second kappa shape index (κ2) is 2.47. The molecular formula is C7H9N2O+. The minimum atomic E-state index is -0.145. The predicted molar refractivity (Wildman–Crippen MR) is 38.9 cm³/mol. The van der Waals surface area contributed by atoms with E-state index in [1.807, 2.05) is 6.92 Å². The Bertz CT molecular complexity index is 301. The first-order valence-electron chi connectivity index (χ1n) is 2.98. The summed E-state index contributed by atoms with van der Waals surface area (Å²) in [4.78, 5) is 13.4. The zero-order valence-corrected chi connectivity index (χ0v) is 5.72. The van der Waals surface area contributed by atoms with Gasteiger partial charge in [0.15, 0.2) is 6.21 Å². The molecule has 0 radical (unpaired) electrons. The van der Waals surface area contributed by atoms with E-state index in [9.17, 15) is 4.79 Å². The van der Waals surface area contributed by atoms with Gasteiger partial charge in [-0.05, 0) is 18.6 Å². The smallest absolute Gasteiger partial charge is 0.261 e. The SMILES string of the molecule is Cc1c[nH]c(=O)c(C=[NH2+])c1. The van der Waals surface area contributed by atoms with Gasteiger partial charge in [-0.2, -0.15) is 0 Å². The molecule has 3 nitrogen and oxygen atoms in total. The number of nitrogens with one attached hydrogen (secondary N) is 1. The molecule has 52 valence electrons. The van der Waals surface area contributed by atoms with Crippen LogP contribution in [-0.2, 0) is 0 Å². The van der Waals surface area contributed by atoms with Crippen molar-refractivity contribution in [3.8, 4) is 0 Å². The van der Waals surface area contributed by atoms with Crippen LogP contribution in [-0.4, -0.2) is 11.2 Å². The average molecular weight is 137 g/mol. The number of aromatic nitrogens is 1. The Kier molecular flexibility index (Phi) is 1.67. The van der Waals surface area contributed by atoms with Gasteiger partial charge >= 0.3 is 0 Å². The molecule has 0 amide bonds. The molecule has 1 aromatic heterocycles. The van der Waals surface area contributed by atoms with Gasteiger partial charge in [-0.25, -0.2) is 0 Å². The van der Waals surface area contributed by atoms with E-state index < -0.39 is 0 Å². The molecule has 0 spiro atoms. The van der Waals surface area contributed by atoms with E-state index in [4.69, 9.17) is 5.41 Å². The second-order valence-corrected chi connectivity index (χ2v) is 2.13. The highest BCUT2D eigenvalue weighted by Gasteiger charge is 1.95. The van der Waals surface area contributed by atoms with Gasteiger partial charge in [0.05, 0.1) is 0 Å². The highest BCUT2D eigenvalue weighted by molar-refractivity contribution is 5.73. The fourth-order valence-electron chi connectivity index (χ4n) is 0.739. The highest BCUT2D eigenvalue weighted by Crippen LogP contribution is 1.90. The standard InChI is InChI=1S/C7H8N2O/c1-5-2-6(3-8)7(10)9-4-5/h2-4,8H,1H3,(H,9,10)/p+1. The van der Waals surface area contributed by atoms with Crippen LogP contribution in [0.2, 0.25) is 0 Å². The summed E-state index contributed by atoms with van der Waals surface area (Å²) in [5.74, 6) is 0. The third-order valence-corrected chi connectivity index (χ3v) is 1.26. The monoisotopic (exact) mass is 137 g/mol. The summed E-state index contributed by atoms with van der Waals surface area (Å²) in [5.41, 5.74) is 1.37. The molecule has 1 rings (SSSR count). The van der Waals surface area contributed by atoms with E-state index in [1.165, 1.54) is 6.21 Å². The average Bonchev–Trinajstić information content (AvgIpc) is 1.94. The number of hydrogen-bond donors (Lipinski definition) is 2. The van der Waals surface area contributed by atoms with Crippen LogP contribution in [0.5, 0.6) is 0 Å². The van der Waals surface area contributed by atoms with Crippen LogP contribution in [0.25, 0.3) is 0 Å². The fraction of sp³-hybridized carbons (Fsp3) is 0.143. The normalized spacial score (nSPS) is 9.30. The zero-order valence-electron chi connectivity index (χ0n) is 5.72. The molecule has 0 atom stereocenters. The first-order chi connectivity index (χ1) is 4.74. The summed E-state index contributed by atoms with van der Waals surface area (Å²) in [6.07, 6.45) is 2.95. The Morgan fingerprint density at radius 2 is 2.40 bits per heavy atom. The molecule has 3 heteroatoms. The number of hydrogen-bond acceptors (Lipinski definition) is 1. The number of aryl methyl sites for hydroxylation is 1. The molecule has 0 saturated carbocycles. The highest BCUT2D eigenvalue weighted by atomic mass is 16.1. The van der Waals surface area contributed by atoms with E-state index in [-0.39, 0.29) is 5.56 Å². The fourth-order valence-corrected chi connectivity index (χ4v) is 0.739. The van der Waals surface area contributed by atoms with Crippen LogP contribution in [0, 0.1) is 6.92 Å². The molecule has 0 aliphatic rings. The summed E-state index contributed by atoms with van der Waals surface area (Å²) >= 11 is 0. The molecule has 0 aliphatic heterocycles. The summed E-state index contributed by atoms with van der Waals surface area (Å²) in [7, 11) is 0. The minimum absolute atomic E-state index is 0.145. The topological polar surface area (TPSA) is 58.5 Å². The summed E-state index contributed by atoms with van der Waals surface area (Å²) in [6, 6.07) is 1.73. The lowest BCUT2D eigenvalue weighted by molar-refractivity contribution is -0.104. The van der Waals surface area contributed by atoms with Gasteiger partial charge in [-0.3, -0.25) is 10.2 Å². The van der Waals surface area contributed by atoms with Crippen molar-refractivity contribution in [2.24, 2.45) is 0 Å². The van der Waals surface area contributed by atoms with Gasteiger partial charge in [-0.1, -0.05) is 0 Å². The van der Waals surface area contributed by atoms with Crippen LogP contribution in [0.15, 0.2) is 17.1 Å². The molecule has 1 aromatic rings. The zero-order chi connectivity index (χ0) is 7.56. The van der Waals surface area contributed by atoms with E-state index in [0.29, 0.717) is 5.56 Å². The first-order valence-corrected chi connectivity index (χ1v) is 2.98.